The number of fused-ring (bicyclic) bond motifs is 1. The van der Waals surface area contributed by atoms with Crippen LogP contribution >= 0.6 is 0 Å². The highest BCUT2D eigenvalue weighted by molar-refractivity contribution is 5.80. The van der Waals surface area contributed by atoms with Gasteiger partial charge in [0.1, 0.15) is 5.82 Å². The topological polar surface area (TPSA) is 41.6 Å². The maximum atomic E-state index is 12.8. The molecule has 0 saturated heterocycles. The van der Waals surface area contributed by atoms with Crippen LogP contribution in [-0.2, 0) is 6.18 Å². The molecule has 0 atom stereocenters. The number of nitrogens with one attached hydrogen (secondary N) is 1. The fourth-order valence-corrected chi connectivity index (χ4v) is 2.64. The standard InChI is InChI=1S/C19H12F3N3/c20-19(21,22)14-7-9-16-17(10-14)25-18(24-16)13-6-8-15(23-11-13)12-4-2-1-3-5-12/h1-11H,(H,24,25). The lowest BCUT2D eigenvalue weighted by atomic mass is 10.1. The summed E-state index contributed by atoms with van der Waals surface area (Å²) < 4.78 is 38.4. The zero-order chi connectivity index (χ0) is 17.4. The Hall–Kier alpha value is -3.15. The minimum atomic E-state index is -4.38. The van der Waals surface area contributed by atoms with Crippen molar-refractivity contribution in [2.24, 2.45) is 0 Å². The van der Waals surface area contributed by atoms with Crippen molar-refractivity contribution in [1.82, 2.24) is 15.0 Å². The fraction of sp³-hybridized carbons (Fsp3) is 0.0526. The van der Waals surface area contributed by atoms with Gasteiger partial charge in [-0.3, -0.25) is 4.98 Å². The van der Waals surface area contributed by atoms with E-state index in [1.807, 2.05) is 42.5 Å². The van der Waals surface area contributed by atoms with Crippen molar-refractivity contribution in [3.63, 3.8) is 0 Å². The van der Waals surface area contributed by atoms with E-state index in [1.165, 1.54) is 6.07 Å². The van der Waals surface area contributed by atoms with Crippen molar-refractivity contribution < 1.29 is 13.2 Å². The molecule has 2 aromatic heterocycles. The molecule has 0 aliphatic carbocycles. The maximum Gasteiger partial charge on any atom is 0.416 e. The molecule has 0 unspecified atom stereocenters. The second kappa shape index (κ2) is 5.73. The molecule has 0 aliphatic heterocycles. The summed E-state index contributed by atoms with van der Waals surface area (Å²) in [5, 5.41) is 0. The molecule has 0 spiro atoms. The Labute approximate surface area is 141 Å². The predicted octanol–water partition coefficient (Wildman–Crippen LogP) is 5.31. The van der Waals surface area contributed by atoms with Crippen LogP contribution in [0.4, 0.5) is 13.2 Å². The number of nitrogens with zero attached hydrogens (tertiary/aromatic N) is 2. The van der Waals surface area contributed by atoms with Gasteiger partial charge in [0.25, 0.3) is 0 Å². The number of rotatable bonds is 2. The number of benzene rings is 2. The molecule has 4 rings (SSSR count). The zero-order valence-corrected chi connectivity index (χ0v) is 12.9. The Balaban J connectivity index is 1.70. The van der Waals surface area contributed by atoms with Gasteiger partial charge in [-0.25, -0.2) is 4.98 Å². The van der Waals surface area contributed by atoms with Gasteiger partial charge in [-0.15, -0.1) is 0 Å². The van der Waals surface area contributed by atoms with E-state index in [-0.39, 0.29) is 0 Å². The molecular weight excluding hydrogens is 327 g/mol. The van der Waals surface area contributed by atoms with Crippen LogP contribution in [0.1, 0.15) is 5.56 Å². The van der Waals surface area contributed by atoms with Crippen molar-refractivity contribution in [3.05, 3.63) is 72.4 Å². The number of halogens is 3. The van der Waals surface area contributed by atoms with E-state index in [0.717, 1.165) is 23.4 Å². The van der Waals surface area contributed by atoms with Crippen molar-refractivity contribution in [2.75, 3.05) is 0 Å². The first kappa shape index (κ1) is 15.4. The third kappa shape index (κ3) is 2.98. The number of hydrogen-bond donors (Lipinski definition) is 1. The number of aromatic nitrogens is 3. The van der Waals surface area contributed by atoms with Gasteiger partial charge in [-0.05, 0) is 30.3 Å². The highest BCUT2D eigenvalue weighted by atomic mass is 19.4. The lowest BCUT2D eigenvalue weighted by molar-refractivity contribution is -0.137. The molecule has 0 fully saturated rings. The van der Waals surface area contributed by atoms with Crippen LogP contribution in [0.25, 0.3) is 33.7 Å². The molecule has 1 N–H and O–H groups in total. The zero-order valence-electron chi connectivity index (χ0n) is 12.9. The van der Waals surface area contributed by atoms with E-state index >= 15 is 0 Å². The Morgan fingerprint density at radius 2 is 1.64 bits per heavy atom. The molecule has 124 valence electrons. The van der Waals surface area contributed by atoms with E-state index < -0.39 is 11.7 Å². The van der Waals surface area contributed by atoms with Crippen LogP contribution < -0.4 is 0 Å². The van der Waals surface area contributed by atoms with Gasteiger partial charge in [0.15, 0.2) is 0 Å². The summed E-state index contributed by atoms with van der Waals surface area (Å²) >= 11 is 0. The second-order valence-corrected chi connectivity index (χ2v) is 5.61. The third-order valence-corrected chi connectivity index (χ3v) is 3.92. The third-order valence-electron chi connectivity index (χ3n) is 3.92. The van der Waals surface area contributed by atoms with Gasteiger partial charge < -0.3 is 4.98 Å². The first-order chi connectivity index (χ1) is 12.0. The van der Waals surface area contributed by atoms with Crippen molar-refractivity contribution in [3.8, 4) is 22.6 Å². The van der Waals surface area contributed by atoms with Gasteiger partial charge in [0.05, 0.1) is 22.3 Å². The van der Waals surface area contributed by atoms with Crippen LogP contribution in [0, 0.1) is 0 Å². The van der Waals surface area contributed by atoms with Crippen LogP contribution in [-0.4, -0.2) is 15.0 Å². The molecule has 6 heteroatoms. The summed E-state index contributed by atoms with van der Waals surface area (Å²) in [6, 6.07) is 16.9. The molecule has 25 heavy (non-hydrogen) atoms. The van der Waals surface area contributed by atoms with Gasteiger partial charge in [-0.1, -0.05) is 30.3 Å². The van der Waals surface area contributed by atoms with Crippen molar-refractivity contribution >= 4 is 11.0 Å². The van der Waals surface area contributed by atoms with Crippen LogP contribution in [0.2, 0.25) is 0 Å². The van der Waals surface area contributed by atoms with Crippen LogP contribution in [0.5, 0.6) is 0 Å². The fourth-order valence-electron chi connectivity index (χ4n) is 2.64. The molecule has 4 aromatic rings. The summed E-state index contributed by atoms with van der Waals surface area (Å²) in [5.74, 6) is 0.487. The molecule has 0 aliphatic rings. The average molecular weight is 339 g/mol. The molecule has 0 bridgehead atoms. The number of imidazole rings is 1. The Morgan fingerprint density at radius 3 is 2.32 bits per heavy atom. The largest absolute Gasteiger partial charge is 0.416 e. The number of pyridine rings is 1. The molecule has 2 heterocycles. The smallest absolute Gasteiger partial charge is 0.338 e. The average Bonchev–Trinajstić information content (AvgIpc) is 3.05. The van der Waals surface area contributed by atoms with Crippen molar-refractivity contribution in [1.29, 1.82) is 0 Å². The Bertz CT molecular complexity index is 1020. The van der Waals surface area contributed by atoms with Crippen LogP contribution in [0.3, 0.4) is 0 Å². The van der Waals surface area contributed by atoms with Crippen molar-refractivity contribution in [2.45, 2.75) is 6.18 Å². The summed E-state index contributed by atoms with van der Waals surface area (Å²) in [6.07, 6.45) is -2.72. The van der Waals surface area contributed by atoms with E-state index in [4.69, 9.17) is 0 Å². The number of hydrogen-bond acceptors (Lipinski definition) is 2. The summed E-state index contributed by atoms with van der Waals surface area (Å²) in [6.45, 7) is 0. The minimum absolute atomic E-state index is 0.344. The van der Waals surface area contributed by atoms with Gasteiger partial charge >= 0.3 is 6.18 Å². The Morgan fingerprint density at radius 1 is 0.840 bits per heavy atom. The second-order valence-electron chi connectivity index (χ2n) is 5.61. The van der Waals surface area contributed by atoms with E-state index in [2.05, 4.69) is 15.0 Å². The molecule has 2 aromatic carbocycles. The highest BCUT2D eigenvalue weighted by Crippen LogP contribution is 2.31. The number of aromatic amines is 1. The first-order valence-electron chi connectivity index (χ1n) is 7.59. The first-order valence-corrected chi connectivity index (χ1v) is 7.59. The molecule has 0 saturated carbocycles. The number of H-pyrrole nitrogens is 1. The summed E-state index contributed by atoms with van der Waals surface area (Å²) in [4.78, 5) is 11.7. The Kier molecular flexibility index (Phi) is 3.53. The van der Waals surface area contributed by atoms with E-state index in [1.54, 1.807) is 6.20 Å². The minimum Gasteiger partial charge on any atom is -0.338 e. The lowest BCUT2D eigenvalue weighted by Gasteiger charge is -2.05. The monoisotopic (exact) mass is 339 g/mol. The summed E-state index contributed by atoms with van der Waals surface area (Å²) in [7, 11) is 0. The normalized spacial score (nSPS) is 11.8. The molecule has 0 radical (unpaired) electrons. The SMILES string of the molecule is FC(F)(F)c1ccc2nc(-c3ccc(-c4ccccc4)nc3)[nH]c2c1. The van der Waals surface area contributed by atoms with Gasteiger partial charge in [0, 0.05) is 17.3 Å². The van der Waals surface area contributed by atoms with E-state index in [9.17, 15) is 13.2 Å². The van der Waals surface area contributed by atoms with E-state index in [0.29, 0.717) is 22.4 Å². The quantitative estimate of drug-likeness (QED) is 0.538. The van der Waals surface area contributed by atoms with Gasteiger partial charge in [-0.2, -0.15) is 13.2 Å². The maximum absolute atomic E-state index is 12.8. The highest BCUT2D eigenvalue weighted by Gasteiger charge is 2.30. The predicted molar refractivity (Wildman–Crippen MR) is 89.8 cm³/mol. The molecule has 3 nitrogen and oxygen atoms in total. The molecule has 0 amide bonds. The summed E-state index contributed by atoms with van der Waals surface area (Å²) in [5.41, 5.74) is 2.65. The van der Waals surface area contributed by atoms with Crippen LogP contribution in [0.15, 0.2) is 66.9 Å². The lowest BCUT2D eigenvalue weighted by Crippen LogP contribution is -2.04. The number of alkyl halides is 3. The van der Waals surface area contributed by atoms with Gasteiger partial charge in [0.2, 0.25) is 0 Å². The molecular formula is C19H12F3N3.